The minimum atomic E-state index is -1.43. The number of ether oxygens (including phenoxy) is 1. The summed E-state index contributed by atoms with van der Waals surface area (Å²) in [6.45, 7) is 2.28. The zero-order chi connectivity index (χ0) is 15.7. The number of rotatable bonds is 2. The van der Waals surface area contributed by atoms with Gasteiger partial charge < -0.3 is 25.0 Å². The molecular formula is C14H16FNO5. The minimum absolute atomic E-state index is 0.0135. The van der Waals surface area contributed by atoms with Crippen molar-refractivity contribution in [1.82, 2.24) is 4.98 Å². The van der Waals surface area contributed by atoms with Gasteiger partial charge in [-0.3, -0.25) is 4.79 Å². The largest absolute Gasteiger partial charge is 0.394 e. The van der Waals surface area contributed by atoms with Crippen LogP contribution in [0.25, 0.3) is 0 Å². The highest BCUT2D eigenvalue weighted by molar-refractivity contribution is 5.41. The van der Waals surface area contributed by atoms with Gasteiger partial charge in [0.05, 0.1) is 17.7 Å². The Morgan fingerprint density at radius 2 is 2.05 bits per heavy atom. The number of hydrogen-bond donors (Lipinski definition) is 4. The summed E-state index contributed by atoms with van der Waals surface area (Å²) in [7, 11) is 0. The summed E-state index contributed by atoms with van der Waals surface area (Å²) in [6.07, 6.45) is -5.03. The van der Waals surface area contributed by atoms with E-state index >= 15 is 0 Å². The van der Waals surface area contributed by atoms with Crippen LogP contribution < -0.4 is 5.56 Å². The van der Waals surface area contributed by atoms with E-state index in [0.29, 0.717) is 0 Å². The lowest BCUT2D eigenvalue weighted by molar-refractivity contribution is -0.0239. The standard InChI is InChI=1S/C14H16FNO5/c1-3-4-7-9(10(15)6(2)14(20)16-7)13-12(19)11(18)8(5-17)21-13/h8,11-13,17-19H,5H2,1-2H3,(H,16,20)/t8-,11?,12?,13+/m1/s1. The number of aromatic nitrogens is 1. The fourth-order valence-electron chi connectivity index (χ4n) is 2.31. The van der Waals surface area contributed by atoms with E-state index in [2.05, 4.69) is 16.8 Å². The van der Waals surface area contributed by atoms with Crippen molar-refractivity contribution in [2.45, 2.75) is 38.3 Å². The second kappa shape index (κ2) is 5.95. The molecule has 21 heavy (non-hydrogen) atoms. The second-order valence-electron chi connectivity index (χ2n) is 4.82. The molecule has 7 heteroatoms. The minimum Gasteiger partial charge on any atom is -0.394 e. The quantitative estimate of drug-likeness (QED) is 0.543. The van der Waals surface area contributed by atoms with Crippen molar-refractivity contribution >= 4 is 0 Å². The Bertz CT molecular complexity index is 660. The molecule has 1 aromatic heterocycles. The first-order valence-corrected chi connectivity index (χ1v) is 6.39. The van der Waals surface area contributed by atoms with Crippen LogP contribution in [0.15, 0.2) is 4.79 Å². The molecule has 4 N–H and O–H groups in total. The smallest absolute Gasteiger partial charge is 0.254 e. The Balaban J connectivity index is 2.60. The number of aromatic amines is 1. The average Bonchev–Trinajstić information content (AvgIpc) is 2.73. The first-order chi connectivity index (χ1) is 9.92. The molecule has 2 rings (SSSR count). The molecule has 0 aromatic carbocycles. The van der Waals surface area contributed by atoms with E-state index in [9.17, 15) is 19.4 Å². The number of H-pyrrole nitrogens is 1. The molecule has 0 amide bonds. The summed E-state index contributed by atoms with van der Waals surface area (Å²) in [5.74, 6) is 4.25. The zero-order valence-electron chi connectivity index (χ0n) is 11.6. The van der Waals surface area contributed by atoms with Crippen molar-refractivity contribution < 1.29 is 24.4 Å². The highest BCUT2D eigenvalue weighted by Gasteiger charge is 2.45. The van der Waals surface area contributed by atoms with Gasteiger partial charge in [0, 0.05) is 0 Å². The van der Waals surface area contributed by atoms with Crippen LogP contribution in [0.1, 0.15) is 29.8 Å². The summed E-state index contributed by atoms with van der Waals surface area (Å²) in [6, 6.07) is 0. The van der Waals surface area contributed by atoms with Gasteiger partial charge in [-0.25, -0.2) is 4.39 Å². The third-order valence-electron chi connectivity index (χ3n) is 3.49. The molecule has 6 nitrogen and oxygen atoms in total. The van der Waals surface area contributed by atoms with Crippen molar-refractivity contribution in [2.24, 2.45) is 0 Å². The highest BCUT2D eigenvalue weighted by Crippen LogP contribution is 2.36. The van der Waals surface area contributed by atoms with E-state index in [1.807, 2.05) is 0 Å². The van der Waals surface area contributed by atoms with Crippen LogP contribution in [0.5, 0.6) is 0 Å². The van der Waals surface area contributed by atoms with Crippen LogP contribution >= 0.6 is 0 Å². The van der Waals surface area contributed by atoms with Crippen molar-refractivity contribution in [3.8, 4) is 11.8 Å². The molecule has 114 valence electrons. The fourth-order valence-corrected chi connectivity index (χ4v) is 2.31. The van der Waals surface area contributed by atoms with Gasteiger partial charge in [0.15, 0.2) is 0 Å². The molecule has 4 atom stereocenters. The molecule has 2 unspecified atom stereocenters. The predicted molar refractivity (Wildman–Crippen MR) is 71.0 cm³/mol. The molecule has 0 spiro atoms. The molecule has 2 heterocycles. The van der Waals surface area contributed by atoms with E-state index in [1.54, 1.807) is 0 Å². The number of halogens is 1. The van der Waals surface area contributed by atoms with Crippen molar-refractivity contribution in [1.29, 1.82) is 0 Å². The molecule has 1 fully saturated rings. The fraction of sp³-hybridized carbons (Fsp3) is 0.500. The summed E-state index contributed by atoms with van der Waals surface area (Å²) in [5, 5.41) is 28.8. The maximum Gasteiger partial charge on any atom is 0.254 e. The molecule has 0 radical (unpaired) electrons. The van der Waals surface area contributed by atoms with Gasteiger partial charge >= 0.3 is 0 Å². The molecular weight excluding hydrogens is 281 g/mol. The normalized spacial score (nSPS) is 28.3. The van der Waals surface area contributed by atoms with Gasteiger partial charge in [-0.05, 0) is 19.8 Å². The third kappa shape index (κ3) is 2.59. The van der Waals surface area contributed by atoms with Gasteiger partial charge in [0.2, 0.25) is 0 Å². The van der Waals surface area contributed by atoms with Crippen molar-refractivity contribution in [3.05, 3.63) is 33.0 Å². The number of hydrogen-bond acceptors (Lipinski definition) is 5. The van der Waals surface area contributed by atoms with Crippen molar-refractivity contribution in [3.63, 3.8) is 0 Å². The first-order valence-electron chi connectivity index (χ1n) is 6.39. The Kier molecular flexibility index (Phi) is 4.44. The summed E-state index contributed by atoms with van der Waals surface area (Å²) < 4.78 is 19.7. The van der Waals surface area contributed by atoms with E-state index in [-0.39, 0.29) is 16.8 Å². The predicted octanol–water partition coefficient (Wildman–Crippen LogP) is -0.652. The van der Waals surface area contributed by atoms with E-state index in [0.717, 1.165) is 0 Å². The van der Waals surface area contributed by atoms with Gasteiger partial charge in [0.1, 0.15) is 35.9 Å². The molecule has 1 saturated heterocycles. The lowest BCUT2D eigenvalue weighted by Gasteiger charge is -2.18. The molecule has 1 aliphatic rings. The number of aliphatic hydroxyl groups is 3. The van der Waals surface area contributed by atoms with Crippen molar-refractivity contribution in [2.75, 3.05) is 6.61 Å². The summed E-state index contributed by atoms with van der Waals surface area (Å²) in [4.78, 5) is 14.0. The average molecular weight is 297 g/mol. The SMILES string of the molecule is CC#Cc1[nH]c(=O)c(C)c(F)c1[C@@H]1O[C@H](CO)C(O)C1O. The van der Waals surface area contributed by atoms with Crippen LogP contribution in [0.4, 0.5) is 4.39 Å². The molecule has 0 bridgehead atoms. The maximum atomic E-state index is 14.4. The Morgan fingerprint density at radius 3 is 2.57 bits per heavy atom. The topological polar surface area (TPSA) is 103 Å². The van der Waals surface area contributed by atoms with Crippen LogP contribution in [0.2, 0.25) is 0 Å². The first kappa shape index (κ1) is 15.7. The Hall–Kier alpha value is -1.72. The van der Waals surface area contributed by atoms with Gasteiger partial charge in [-0.15, -0.1) is 0 Å². The lowest BCUT2D eigenvalue weighted by atomic mass is 9.98. The Labute approximate surface area is 120 Å². The lowest BCUT2D eigenvalue weighted by Crippen LogP contribution is -2.32. The monoisotopic (exact) mass is 297 g/mol. The number of nitrogens with one attached hydrogen (secondary N) is 1. The van der Waals surface area contributed by atoms with Crippen LogP contribution in [-0.4, -0.2) is 45.2 Å². The summed E-state index contributed by atoms with van der Waals surface area (Å²) in [5.41, 5.74) is -0.922. The van der Waals surface area contributed by atoms with E-state index < -0.39 is 42.4 Å². The van der Waals surface area contributed by atoms with Crippen LogP contribution in [0.3, 0.4) is 0 Å². The second-order valence-corrected chi connectivity index (χ2v) is 4.82. The van der Waals surface area contributed by atoms with Gasteiger partial charge in [-0.2, -0.15) is 0 Å². The van der Waals surface area contributed by atoms with E-state index in [4.69, 9.17) is 9.84 Å². The summed E-state index contributed by atoms with van der Waals surface area (Å²) >= 11 is 0. The van der Waals surface area contributed by atoms with Gasteiger partial charge in [-0.1, -0.05) is 5.92 Å². The molecule has 0 aliphatic carbocycles. The highest BCUT2D eigenvalue weighted by atomic mass is 19.1. The third-order valence-corrected chi connectivity index (χ3v) is 3.49. The zero-order valence-corrected chi connectivity index (χ0v) is 11.6. The van der Waals surface area contributed by atoms with Crippen LogP contribution in [-0.2, 0) is 4.74 Å². The van der Waals surface area contributed by atoms with E-state index in [1.165, 1.54) is 13.8 Å². The molecule has 1 aliphatic heterocycles. The maximum absolute atomic E-state index is 14.4. The molecule has 0 saturated carbocycles. The number of pyridine rings is 1. The number of aliphatic hydroxyl groups excluding tert-OH is 3. The Morgan fingerprint density at radius 1 is 1.38 bits per heavy atom. The molecule has 1 aromatic rings. The van der Waals surface area contributed by atoms with Crippen LogP contribution in [0, 0.1) is 24.6 Å². The van der Waals surface area contributed by atoms with Gasteiger partial charge in [0.25, 0.3) is 5.56 Å².